The predicted octanol–water partition coefficient (Wildman–Crippen LogP) is 1.35. The van der Waals surface area contributed by atoms with Gasteiger partial charge in [0.1, 0.15) is 0 Å². The molecule has 0 aliphatic carbocycles. The Morgan fingerprint density at radius 1 is 1.56 bits per heavy atom. The third-order valence-corrected chi connectivity index (χ3v) is 2.24. The number of benzene rings is 1. The highest BCUT2D eigenvalue weighted by Crippen LogP contribution is 2.18. The molecule has 0 saturated heterocycles. The van der Waals surface area contributed by atoms with E-state index in [9.17, 15) is 9.18 Å². The van der Waals surface area contributed by atoms with Crippen molar-refractivity contribution in [1.29, 1.82) is 0 Å². The average Bonchev–Trinajstić information content (AvgIpc) is 2.37. The van der Waals surface area contributed by atoms with Gasteiger partial charge in [0.2, 0.25) is 5.91 Å². The Kier molecular flexibility index (Phi) is 5.87. The van der Waals surface area contributed by atoms with Crippen LogP contribution in [0.15, 0.2) is 24.3 Å². The molecule has 0 bridgehead atoms. The monoisotopic (exact) mass is 253 g/mol. The molecular formula is C13H16FNO3. The van der Waals surface area contributed by atoms with E-state index in [-0.39, 0.29) is 18.3 Å². The number of carbonyl (C=O) groups excluding carboxylic acids is 1. The Balaban J connectivity index is 2.56. The third kappa shape index (κ3) is 4.55. The number of aliphatic hydroxyl groups excluding tert-OH is 1. The van der Waals surface area contributed by atoms with Crippen molar-refractivity contribution >= 4 is 12.0 Å². The zero-order valence-electron chi connectivity index (χ0n) is 10.1. The number of rotatable bonds is 6. The third-order valence-electron chi connectivity index (χ3n) is 2.24. The molecule has 1 aromatic rings. The van der Waals surface area contributed by atoms with Crippen molar-refractivity contribution in [2.24, 2.45) is 0 Å². The number of methoxy groups -OCH3 is 1. The average molecular weight is 253 g/mol. The summed E-state index contributed by atoms with van der Waals surface area (Å²) in [5.74, 6) is -0.584. The van der Waals surface area contributed by atoms with E-state index in [4.69, 9.17) is 9.84 Å². The molecule has 1 rings (SSSR count). The van der Waals surface area contributed by atoms with Crippen LogP contribution in [0.5, 0.6) is 5.75 Å². The second kappa shape index (κ2) is 7.45. The molecule has 0 spiro atoms. The van der Waals surface area contributed by atoms with E-state index in [1.54, 1.807) is 6.07 Å². The molecule has 0 aromatic heterocycles. The maximum atomic E-state index is 13.3. The van der Waals surface area contributed by atoms with Gasteiger partial charge in [-0.1, -0.05) is 6.07 Å². The summed E-state index contributed by atoms with van der Waals surface area (Å²) in [4.78, 5) is 11.3. The minimum absolute atomic E-state index is 0.0354. The SMILES string of the molecule is COc1ccc(/C=C/C(=O)NCCCO)cc1F. The molecule has 98 valence electrons. The normalized spacial score (nSPS) is 10.6. The van der Waals surface area contributed by atoms with Crippen LogP contribution in [-0.2, 0) is 4.79 Å². The minimum atomic E-state index is -0.472. The summed E-state index contributed by atoms with van der Waals surface area (Å²) in [6, 6.07) is 4.44. The van der Waals surface area contributed by atoms with Crippen molar-refractivity contribution in [3.05, 3.63) is 35.7 Å². The van der Waals surface area contributed by atoms with Crippen molar-refractivity contribution in [2.45, 2.75) is 6.42 Å². The molecule has 1 aromatic carbocycles. The summed E-state index contributed by atoms with van der Waals surface area (Å²) in [7, 11) is 1.39. The lowest BCUT2D eigenvalue weighted by Gasteiger charge is -2.02. The summed E-state index contributed by atoms with van der Waals surface area (Å²) < 4.78 is 18.1. The zero-order valence-corrected chi connectivity index (χ0v) is 10.1. The molecule has 0 aliphatic heterocycles. The van der Waals surface area contributed by atoms with Crippen molar-refractivity contribution in [2.75, 3.05) is 20.3 Å². The Hall–Kier alpha value is -1.88. The number of aliphatic hydroxyl groups is 1. The van der Waals surface area contributed by atoms with E-state index in [1.807, 2.05) is 0 Å². The maximum Gasteiger partial charge on any atom is 0.244 e. The molecule has 0 radical (unpaired) electrons. The highest BCUT2D eigenvalue weighted by Gasteiger charge is 2.01. The maximum absolute atomic E-state index is 13.3. The summed E-state index contributed by atoms with van der Waals surface area (Å²) in [6.07, 6.45) is 3.34. The fourth-order valence-corrected chi connectivity index (χ4v) is 1.31. The van der Waals surface area contributed by atoms with Crippen molar-refractivity contribution in [1.82, 2.24) is 5.32 Å². The highest BCUT2D eigenvalue weighted by atomic mass is 19.1. The molecular weight excluding hydrogens is 237 g/mol. The Morgan fingerprint density at radius 3 is 2.94 bits per heavy atom. The highest BCUT2D eigenvalue weighted by molar-refractivity contribution is 5.91. The molecule has 0 saturated carbocycles. The molecule has 2 N–H and O–H groups in total. The van der Waals surface area contributed by atoms with Crippen LogP contribution in [-0.4, -0.2) is 31.3 Å². The first kappa shape index (κ1) is 14.2. The molecule has 4 nitrogen and oxygen atoms in total. The fourth-order valence-electron chi connectivity index (χ4n) is 1.31. The number of nitrogens with one attached hydrogen (secondary N) is 1. The van der Waals surface area contributed by atoms with E-state index in [2.05, 4.69) is 5.32 Å². The summed E-state index contributed by atoms with van der Waals surface area (Å²) in [5.41, 5.74) is 0.575. The van der Waals surface area contributed by atoms with Crippen LogP contribution in [0.4, 0.5) is 4.39 Å². The molecule has 5 heteroatoms. The van der Waals surface area contributed by atoms with Gasteiger partial charge in [-0.2, -0.15) is 0 Å². The second-order valence-electron chi connectivity index (χ2n) is 3.60. The van der Waals surface area contributed by atoms with Gasteiger partial charge in [0.15, 0.2) is 11.6 Å². The van der Waals surface area contributed by atoms with E-state index in [0.29, 0.717) is 18.5 Å². The standard InChI is InChI=1S/C13H16FNO3/c1-18-12-5-3-10(9-11(12)14)4-6-13(17)15-7-2-8-16/h3-6,9,16H,2,7-8H2,1H3,(H,15,17)/b6-4+. The van der Waals surface area contributed by atoms with E-state index < -0.39 is 5.82 Å². The Bertz CT molecular complexity index is 432. The predicted molar refractivity (Wildman–Crippen MR) is 66.7 cm³/mol. The van der Waals surface area contributed by atoms with Crippen LogP contribution < -0.4 is 10.1 Å². The largest absolute Gasteiger partial charge is 0.494 e. The summed E-state index contributed by atoms with van der Waals surface area (Å²) in [6.45, 7) is 0.449. The molecule has 0 heterocycles. The van der Waals surface area contributed by atoms with Crippen LogP contribution in [0, 0.1) is 5.82 Å². The lowest BCUT2D eigenvalue weighted by atomic mass is 10.2. The van der Waals surface area contributed by atoms with Gasteiger partial charge in [-0.05, 0) is 30.2 Å². The van der Waals surface area contributed by atoms with Crippen molar-refractivity contribution in [3.63, 3.8) is 0 Å². The van der Waals surface area contributed by atoms with E-state index >= 15 is 0 Å². The van der Waals surface area contributed by atoms with E-state index in [1.165, 1.54) is 31.4 Å². The number of carbonyl (C=O) groups is 1. The summed E-state index contributed by atoms with van der Waals surface area (Å²) in [5, 5.41) is 11.1. The lowest BCUT2D eigenvalue weighted by Crippen LogP contribution is -2.22. The molecule has 1 amide bonds. The number of amides is 1. The quantitative estimate of drug-likeness (QED) is 0.594. The second-order valence-corrected chi connectivity index (χ2v) is 3.60. The minimum Gasteiger partial charge on any atom is -0.494 e. The molecule has 18 heavy (non-hydrogen) atoms. The number of hydrogen-bond donors (Lipinski definition) is 2. The van der Waals surface area contributed by atoms with Gasteiger partial charge in [-0.25, -0.2) is 4.39 Å². The first-order valence-corrected chi connectivity index (χ1v) is 5.57. The topological polar surface area (TPSA) is 58.6 Å². The van der Waals surface area contributed by atoms with Crippen molar-refractivity contribution < 1.29 is 19.0 Å². The van der Waals surface area contributed by atoms with Gasteiger partial charge in [0, 0.05) is 19.2 Å². The molecule has 0 atom stereocenters. The fraction of sp³-hybridized carbons (Fsp3) is 0.308. The van der Waals surface area contributed by atoms with Gasteiger partial charge in [0.05, 0.1) is 7.11 Å². The van der Waals surface area contributed by atoms with Crippen LogP contribution in [0.2, 0.25) is 0 Å². The van der Waals surface area contributed by atoms with Gasteiger partial charge < -0.3 is 15.2 Å². The van der Waals surface area contributed by atoms with E-state index in [0.717, 1.165) is 0 Å². The van der Waals surface area contributed by atoms with Crippen LogP contribution in [0.25, 0.3) is 6.08 Å². The first-order chi connectivity index (χ1) is 8.67. The van der Waals surface area contributed by atoms with Crippen LogP contribution in [0.3, 0.4) is 0 Å². The Labute approximate surface area is 105 Å². The van der Waals surface area contributed by atoms with Gasteiger partial charge in [-0.15, -0.1) is 0 Å². The molecule has 0 unspecified atom stereocenters. The number of halogens is 1. The van der Waals surface area contributed by atoms with Crippen molar-refractivity contribution in [3.8, 4) is 5.75 Å². The van der Waals surface area contributed by atoms with Gasteiger partial charge in [0.25, 0.3) is 0 Å². The van der Waals surface area contributed by atoms with Crippen LogP contribution in [0.1, 0.15) is 12.0 Å². The molecule has 0 aliphatic rings. The van der Waals surface area contributed by atoms with Crippen LogP contribution >= 0.6 is 0 Å². The van der Waals surface area contributed by atoms with Gasteiger partial charge >= 0.3 is 0 Å². The summed E-state index contributed by atoms with van der Waals surface area (Å²) >= 11 is 0. The Morgan fingerprint density at radius 2 is 2.33 bits per heavy atom. The first-order valence-electron chi connectivity index (χ1n) is 5.57. The number of hydrogen-bond acceptors (Lipinski definition) is 3. The smallest absolute Gasteiger partial charge is 0.244 e. The zero-order chi connectivity index (χ0) is 13.4. The van der Waals surface area contributed by atoms with Gasteiger partial charge in [-0.3, -0.25) is 4.79 Å². The molecule has 0 fully saturated rings. The lowest BCUT2D eigenvalue weighted by molar-refractivity contribution is -0.116. The number of ether oxygens (including phenoxy) is 1.